The Morgan fingerprint density at radius 3 is 2.78 bits per heavy atom. The van der Waals surface area contributed by atoms with Gasteiger partial charge in [-0.1, -0.05) is 13.8 Å². The predicted octanol–water partition coefficient (Wildman–Crippen LogP) is 2.39. The summed E-state index contributed by atoms with van der Waals surface area (Å²) in [5.41, 5.74) is 7.11. The fraction of sp³-hybridized carbons (Fsp3) is 0.769. The topological polar surface area (TPSA) is 57.4 Å². The van der Waals surface area contributed by atoms with E-state index in [0.717, 1.165) is 23.5 Å². The second kappa shape index (κ2) is 8.58. The number of aromatic nitrogens is 1. The summed E-state index contributed by atoms with van der Waals surface area (Å²) in [6, 6.07) is 0.0596. The maximum Gasteiger partial charge on any atom is 0.0951 e. The Bertz CT molecular complexity index is 329. The molecular weight excluding hydrogens is 248 g/mol. The summed E-state index contributed by atoms with van der Waals surface area (Å²) in [6.07, 6.45) is 1.83. The molecule has 0 aliphatic carbocycles. The molecule has 0 spiro atoms. The molecule has 18 heavy (non-hydrogen) atoms. The van der Waals surface area contributed by atoms with E-state index in [2.05, 4.69) is 24.2 Å². The van der Waals surface area contributed by atoms with Gasteiger partial charge in [-0.05, 0) is 12.3 Å². The Balaban J connectivity index is 2.29. The average molecular weight is 272 g/mol. The van der Waals surface area contributed by atoms with Crippen LogP contribution in [0.2, 0.25) is 0 Å². The first kappa shape index (κ1) is 15.6. The fourth-order valence-corrected chi connectivity index (χ4v) is 2.49. The van der Waals surface area contributed by atoms with Crippen LogP contribution in [0.25, 0.3) is 0 Å². The number of hydrogen-bond acceptors (Lipinski definition) is 5. The number of hydrogen-bond donors (Lipinski definition) is 1. The van der Waals surface area contributed by atoms with E-state index in [1.807, 2.05) is 0 Å². The van der Waals surface area contributed by atoms with E-state index in [1.54, 1.807) is 18.4 Å². The molecule has 1 heterocycles. The van der Waals surface area contributed by atoms with E-state index in [0.29, 0.717) is 25.7 Å². The van der Waals surface area contributed by atoms with E-state index >= 15 is 0 Å². The van der Waals surface area contributed by atoms with E-state index in [9.17, 15) is 0 Å². The van der Waals surface area contributed by atoms with Gasteiger partial charge in [-0.15, -0.1) is 11.3 Å². The second-order valence-electron chi connectivity index (χ2n) is 4.76. The molecule has 2 N–H and O–H groups in total. The fourth-order valence-electron chi connectivity index (χ4n) is 1.64. The van der Waals surface area contributed by atoms with Crippen LogP contribution in [0.1, 0.15) is 37.0 Å². The molecule has 1 aromatic rings. The lowest BCUT2D eigenvalue weighted by Crippen LogP contribution is -2.13. The molecule has 1 atom stereocenters. The first-order valence-corrected chi connectivity index (χ1v) is 7.28. The normalized spacial score (nSPS) is 13.2. The molecule has 0 radical (unpaired) electrons. The number of thiazole rings is 1. The molecule has 0 saturated heterocycles. The average Bonchev–Trinajstić information content (AvgIpc) is 2.77. The van der Waals surface area contributed by atoms with E-state index < -0.39 is 0 Å². The van der Waals surface area contributed by atoms with Gasteiger partial charge in [-0.25, -0.2) is 4.98 Å². The lowest BCUT2D eigenvalue weighted by molar-refractivity contribution is 0.0722. The third-order valence-electron chi connectivity index (χ3n) is 2.57. The Labute approximate surface area is 114 Å². The van der Waals surface area contributed by atoms with Gasteiger partial charge < -0.3 is 15.2 Å². The Morgan fingerprint density at radius 1 is 1.33 bits per heavy atom. The van der Waals surface area contributed by atoms with Gasteiger partial charge in [0.2, 0.25) is 0 Å². The highest BCUT2D eigenvalue weighted by Crippen LogP contribution is 2.21. The molecule has 1 rings (SSSR count). The molecule has 1 unspecified atom stereocenters. The number of rotatable bonds is 9. The zero-order valence-corrected chi connectivity index (χ0v) is 12.3. The SMILES string of the molecule is COCCOCCc1nc(C(N)CC(C)C)cs1. The second-order valence-corrected chi connectivity index (χ2v) is 5.70. The molecule has 0 bridgehead atoms. The van der Waals surface area contributed by atoms with Crippen LogP contribution in [-0.4, -0.2) is 31.9 Å². The van der Waals surface area contributed by atoms with Gasteiger partial charge in [0.25, 0.3) is 0 Å². The maximum absolute atomic E-state index is 6.10. The van der Waals surface area contributed by atoms with Gasteiger partial charge in [-0.2, -0.15) is 0 Å². The van der Waals surface area contributed by atoms with Crippen LogP contribution in [0.5, 0.6) is 0 Å². The first-order valence-electron chi connectivity index (χ1n) is 6.40. The summed E-state index contributed by atoms with van der Waals surface area (Å²) in [4.78, 5) is 4.56. The lowest BCUT2D eigenvalue weighted by atomic mass is 10.0. The van der Waals surface area contributed by atoms with Crippen LogP contribution in [-0.2, 0) is 15.9 Å². The Hall–Kier alpha value is -0.490. The van der Waals surface area contributed by atoms with Crippen molar-refractivity contribution >= 4 is 11.3 Å². The third-order valence-corrected chi connectivity index (χ3v) is 3.49. The maximum atomic E-state index is 6.10. The van der Waals surface area contributed by atoms with E-state index in [4.69, 9.17) is 15.2 Å². The number of methoxy groups -OCH3 is 1. The zero-order valence-electron chi connectivity index (χ0n) is 11.5. The van der Waals surface area contributed by atoms with Crippen LogP contribution in [0.3, 0.4) is 0 Å². The van der Waals surface area contributed by atoms with Crippen molar-refractivity contribution in [3.63, 3.8) is 0 Å². The van der Waals surface area contributed by atoms with Crippen molar-refractivity contribution in [3.05, 3.63) is 16.1 Å². The minimum absolute atomic E-state index is 0.0596. The summed E-state index contributed by atoms with van der Waals surface area (Å²) in [7, 11) is 1.67. The Morgan fingerprint density at radius 2 is 2.11 bits per heavy atom. The van der Waals surface area contributed by atoms with Crippen LogP contribution < -0.4 is 5.73 Å². The molecular formula is C13H24N2O2S. The summed E-state index contributed by atoms with van der Waals surface area (Å²) >= 11 is 1.67. The molecule has 0 fully saturated rings. The number of nitrogens with two attached hydrogens (primary N) is 1. The van der Waals surface area contributed by atoms with Crippen molar-refractivity contribution in [3.8, 4) is 0 Å². The smallest absolute Gasteiger partial charge is 0.0951 e. The largest absolute Gasteiger partial charge is 0.382 e. The number of ether oxygens (including phenoxy) is 2. The quantitative estimate of drug-likeness (QED) is 0.701. The van der Waals surface area contributed by atoms with Crippen LogP contribution >= 0.6 is 11.3 Å². The van der Waals surface area contributed by atoms with Crippen LogP contribution in [0.15, 0.2) is 5.38 Å². The first-order chi connectivity index (χ1) is 8.63. The van der Waals surface area contributed by atoms with Gasteiger partial charge >= 0.3 is 0 Å². The van der Waals surface area contributed by atoms with Gasteiger partial charge in [0, 0.05) is 25.0 Å². The Kier molecular flexibility index (Phi) is 7.42. The summed E-state index contributed by atoms with van der Waals surface area (Å²) in [5.74, 6) is 0.600. The molecule has 0 saturated carbocycles. The van der Waals surface area contributed by atoms with Gasteiger partial charge in [0.15, 0.2) is 0 Å². The molecule has 0 aliphatic rings. The molecule has 104 valence electrons. The third kappa shape index (κ3) is 5.91. The van der Waals surface area contributed by atoms with Crippen LogP contribution in [0.4, 0.5) is 0 Å². The minimum Gasteiger partial charge on any atom is -0.382 e. The van der Waals surface area contributed by atoms with Gasteiger partial charge in [0.05, 0.1) is 30.5 Å². The van der Waals surface area contributed by atoms with Crippen molar-refractivity contribution in [1.82, 2.24) is 4.98 Å². The standard InChI is InChI=1S/C13H24N2O2S/c1-10(2)8-11(14)12-9-18-13(15-12)4-5-17-7-6-16-3/h9-11H,4-8,14H2,1-3H3. The molecule has 5 heteroatoms. The zero-order chi connectivity index (χ0) is 13.4. The molecule has 0 aliphatic heterocycles. The molecule has 0 aromatic carbocycles. The van der Waals surface area contributed by atoms with Crippen molar-refractivity contribution < 1.29 is 9.47 Å². The highest BCUT2D eigenvalue weighted by atomic mass is 32.1. The van der Waals surface area contributed by atoms with Gasteiger partial charge in [0.1, 0.15) is 0 Å². The van der Waals surface area contributed by atoms with Crippen molar-refractivity contribution in [2.45, 2.75) is 32.7 Å². The van der Waals surface area contributed by atoms with E-state index in [1.165, 1.54) is 0 Å². The van der Waals surface area contributed by atoms with Crippen molar-refractivity contribution in [2.75, 3.05) is 26.9 Å². The summed E-state index contributed by atoms with van der Waals surface area (Å²) in [6.45, 7) is 6.33. The molecule has 4 nitrogen and oxygen atoms in total. The lowest BCUT2D eigenvalue weighted by Gasteiger charge is -2.10. The van der Waals surface area contributed by atoms with E-state index in [-0.39, 0.29) is 6.04 Å². The monoisotopic (exact) mass is 272 g/mol. The van der Waals surface area contributed by atoms with Crippen molar-refractivity contribution in [2.24, 2.45) is 11.7 Å². The molecule has 0 amide bonds. The van der Waals surface area contributed by atoms with Gasteiger partial charge in [-0.3, -0.25) is 0 Å². The summed E-state index contributed by atoms with van der Waals surface area (Å²) < 4.78 is 10.3. The highest BCUT2D eigenvalue weighted by Gasteiger charge is 2.12. The predicted molar refractivity (Wildman–Crippen MR) is 74.9 cm³/mol. The van der Waals surface area contributed by atoms with Crippen molar-refractivity contribution in [1.29, 1.82) is 0 Å². The highest BCUT2D eigenvalue weighted by molar-refractivity contribution is 7.09. The molecule has 1 aromatic heterocycles. The number of nitrogens with zero attached hydrogens (tertiary/aromatic N) is 1. The minimum atomic E-state index is 0.0596. The van der Waals surface area contributed by atoms with Crippen LogP contribution in [0, 0.1) is 5.92 Å². The summed E-state index contributed by atoms with van der Waals surface area (Å²) in [5, 5.41) is 3.17.